The highest BCUT2D eigenvalue weighted by Gasteiger charge is 1.78. The second kappa shape index (κ2) is 9.81. The van der Waals surface area contributed by atoms with Gasteiger partial charge in [-0.1, -0.05) is 13.3 Å². The number of nitrogens with zero attached hydrogens (tertiary/aromatic N) is 1. The van der Waals surface area contributed by atoms with Crippen LogP contribution in [0.15, 0.2) is 0 Å². The summed E-state index contributed by atoms with van der Waals surface area (Å²) in [5.41, 5.74) is 0. The van der Waals surface area contributed by atoms with Crippen molar-refractivity contribution in [1.29, 1.82) is 5.26 Å². The van der Waals surface area contributed by atoms with Crippen LogP contribution < -0.4 is 0 Å². The molecule has 3 heteroatoms. The van der Waals surface area contributed by atoms with Gasteiger partial charge in [0, 0.05) is 0 Å². The number of unbranched alkanes of at least 4 members (excludes halogenated alkanes) is 1. The normalized spacial score (nSPS) is 6.50. The Balaban J connectivity index is 0. The van der Waals surface area contributed by atoms with E-state index in [-0.39, 0.29) is 13.5 Å². The van der Waals surface area contributed by atoms with Crippen LogP contribution in [0, 0.1) is 11.5 Å². The van der Waals surface area contributed by atoms with Gasteiger partial charge >= 0.3 is 0 Å². The van der Waals surface area contributed by atoms with E-state index in [1.54, 1.807) is 6.26 Å². The van der Waals surface area contributed by atoms with Crippen molar-refractivity contribution in [2.24, 2.45) is 0 Å². The molecule has 48 valence electrons. The summed E-state index contributed by atoms with van der Waals surface area (Å²) in [4.78, 5) is 0. The molecule has 0 N–H and O–H groups in total. The third-order valence-corrected chi connectivity index (χ3v) is 0.665. The van der Waals surface area contributed by atoms with Crippen LogP contribution in [-0.2, 0) is 4.74 Å². The van der Waals surface area contributed by atoms with Gasteiger partial charge in [0.25, 0.3) is 6.26 Å². The SMILES string of the molecule is CCCCOC#N.S. The molecule has 0 radical (unpaired) electrons. The summed E-state index contributed by atoms with van der Waals surface area (Å²) in [6.07, 6.45) is 3.67. The highest BCUT2D eigenvalue weighted by molar-refractivity contribution is 7.59. The topological polar surface area (TPSA) is 33.0 Å². The van der Waals surface area contributed by atoms with Crippen molar-refractivity contribution >= 4 is 13.5 Å². The molecule has 0 unspecified atom stereocenters. The van der Waals surface area contributed by atoms with Gasteiger partial charge in [0.2, 0.25) is 0 Å². The zero-order valence-electron chi connectivity index (χ0n) is 4.98. The summed E-state index contributed by atoms with van der Waals surface area (Å²) in [5.74, 6) is 0. The lowest BCUT2D eigenvalue weighted by Crippen LogP contribution is -1.83. The fourth-order valence-electron chi connectivity index (χ4n) is 0.262. The summed E-state index contributed by atoms with van der Waals surface area (Å²) < 4.78 is 4.38. The van der Waals surface area contributed by atoms with E-state index in [1.807, 2.05) is 0 Å². The lowest BCUT2D eigenvalue weighted by Gasteiger charge is -1.88. The molecule has 0 fully saturated rings. The van der Waals surface area contributed by atoms with Crippen LogP contribution >= 0.6 is 13.5 Å². The third kappa shape index (κ3) is 9.16. The summed E-state index contributed by atoms with van der Waals surface area (Å²) in [7, 11) is 0. The molecule has 0 aromatic heterocycles. The van der Waals surface area contributed by atoms with Gasteiger partial charge < -0.3 is 4.74 Å². The summed E-state index contributed by atoms with van der Waals surface area (Å²) >= 11 is 0. The van der Waals surface area contributed by atoms with Crippen LogP contribution in [0.5, 0.6) is 0 Å². The molecule has 0 heterocycles. The molecule has 0 spiro atoms. The Hall–Kier alpha value is -0.360. The smallest absolute Gasteiger partial charge is 0.286 e. The molecule has 0 aliphatic heterocycles. The van der Waals surface area contributed by atoms with E-state index in [1.165, 1.54) is 0 Å². The van der Waals surface area contributed by atoms with Crippen molar-refractivity contribution in [3.63, 3.8) is 0 Å². The predicted molar refractivity (Wildman–Crippen MR) is 36.9 cm³/mol. The van der Waals surface area contributed by atoms with E-state index in [0.29, 0.717) is 6.61 Å². The highest BCUT2D eigenvalue weighted by Crippen LogP contribution is 1.84. The number of hydrogen-bond donors (Lipinski definition) is 0. The maximum Gasteiger partial charge on any atom is 0.286 e. The lowest BCUT2D eigenvalue weighted by atomic mass is 10.4. The van der Waals surface area contributed by atoms with Gasteiger partial charge in [-0.15, -0.1) is 0 Å². The third-order valence-electron chi connectivity index (χ3n) is 0.665. The molecule has 0 saturated carbocycles. The van der Waals surface area contributed by atoms with Crippen LogP contribution in [0.4, 0.5) is 0 Å². The summed E-state index contributed by atoms with van der Waals surface area (Å²) in [6.45, 7) is 2.63. The minimum Gasteiger partial charge on any atom is -0.428 e. The van der Waals surface area contributed by atoms with Crippen LogP contribution in [-0.4, -0.2) is 6.61 Å². The largest absolute Gasteiger partial charge is 0.428 e. The first-order valence-corrected chi connectivity index (χ1v) is 2.42. The Morgan fingerprint density at radius 3 is 2.62 bits per heavy atom. The number of rotatable bonds is 3. The number of nitriles is 1. The Labute approximate surface area is 56.9 Å². The molecule has 0 aromatic carbocycles. The van der Waals surface area contributed by atoms with Gasteiger partial charge in [0.05, 0.1) is 0 Å². The van der Waals surface area contributed by atoms with E-state index in [0.717, 1.165) is 12.8 Å². The fourth-order valence-corrected chi connectivity index (χ4v) is 0.262. The van der Waals surface area contributed by atoms with Crippen molar-refractivity contribution in [2.75, 3.05) is 6.61 Å². The first kappa shape index (κ1) is 10.6. The van der Waals surface area contributed by atoms with Gasteiger partial charge in [0.1, 0.15) is 6.61 Å². The van der Waals surface area contributed by atoms with E-state index < -0.39 is 0 Å². The molecule has 2 nitrogen and oxygen atoms in total. The zero-order chi connectivity index (χ0) is 5.54. The Bertz CT molecular complexity index is 69.3. The van der Waals surface area contributed by atoms with Crippen LogP contribution in [0.1, 0.15) is 19.8 Å². The molecule has 0 bridgehead atoms. The van der Waals surface area contributed by atoms with Crippen molar-refractivity contribution in [2.45, 2.75) is 19.8 Å². The fraction of sp³-hybridized carbons (Fsp3) is 0.800. The molecular weight excluding hydrogens is 122 g/mol. The molecule has 0 aliphatic carbocycles. The standard InChI is InChI=1S/C5H9NO.H2S/c1-2-3-4-7-5-6;/h2-4H2,1H3;1H2. The van der Waals surface area contributed by atoms with Gasteiger partial charge in [-0.3, -0.25) is 0 Å². The predicted octanol–water partition coefficient (Wildman–Crippen LogP) is 1.40. The quantitative estimate of drug-likeness (QED) is 0.430. The Kier molecular flexibility index (Phi) is 13.0. The van der Waals surface area contributed by atoms with Crippen molar-refractivity contribution in [3.05, 3.63) is 0 Å². The maximum atomic E-state index is 7.82. The molecule has 0 aromatic rings. The average Bonchev–Trinajstić information content (AvgIpc) is 1.69. The second-order valence-corrected chi connectivity index (χ2v) is 1.29. The summed E-state index contributed by atoms with van der Waals surface area (Å²) in [6, 6.07) is 0. The van der Waals surface area contributed by atoms with Gasteiger partial charge in [-0.25, -0.2) is 0 Å². The van der Waals surface area contributed by atoms with Gasteiger partial charge in [0.15, 0.2) is 0 Å². The first-order valence-electron chi connectivity index (χ1n) is 2.42. The van der Waals surface area contributed by atoms with E-state index in [4.69, 9.17) is 5.26 Å². The van der Waals surface area contributed by atoms with Crippen LogP contribution in [0.2, 0.25) is 0 Å². The molecular formula is C5H11NOS. The zero-order valence-corrected chi connectivity index (χ0v) is 5.98. The van der Waals surface area contributed by atoms with E-state index in [9.17, 15) is 0 Å². The maximum absolute atomic E-state index is 7.82. The highest BCUT2D eigenvalue weighted by atomic mass is 32.1. The Morgan fingerprint density at radius 2 is 2.25 bits per heavy atom. The van der Waals surface area contributed by atoms with Crippen molar-refractivity contribution in [3.8, 4) is 6.26 Å². The van der Waals surface area contributed by atoms with Crippen molar-refractivity contribution < 1.29 is 4.74 Å². The number of hydrogen-bond acceptors (Lipinski definition) is 2. The minimum absolute atomic E-state index is 0. The molecule has 0 saturated heterocycles. The summed E-state index contributed by atoms with van der Waals surface area (Å²) in [5, 5.41) is 7.82. The second-order valence-electron chi connectivity index (χ2n) is 1.29. The molecule has 0 aliphatic rings. The molecule has 8 heavy (non-hydrogen) atoms. The number of ether oxygens (including phenoxy) is 1. The van der Waals surface area contributed by atoms with E-state index >= 15 is 0 Å². The van der Waals surface area contributed by atoms with Crippen LogP contribution in [0.3, 0.4) is 0 Å². The lowest BCUT2D eigenvalue weighted by molar-refractivity contribution is 0.264. The molecule has 0 atom stereocenters. The first-order chi connectivity index (χ1) is 3.41. The van der Waals surface area contributed by atoms with Crippen LogP contribution in [0.25, 0.3) is 0 Å². The molecule has 0 rings (SSSR count). The van der Waals surface area contributed by atoms with Gasteiger partial charge in [-0.2, -0.15) is 18.8 Å². The average molecular weight is 133 g/mol. The van der Waals surface area contributed by atoms with Crippen molar-refractivity contribution in [1.82, 2.24) is 0 Å². The van der Waals surface area contributed by atoms with E-state index in [2.05, 4.69) is 11.7 Å². The minimum atomic E-state index is 0. The monoisotopic (exact) mass is 133 g/mol. The Morgan fingerprint density at radius 1 is 1.62 bits per heavy atom. The molecule has 0 amide bonds. The van der Waals surface area contributed by atoms with Gasteiger partial charge in [-0.05, 0) is 6.42 Å².